The molecule has 1 aromatic carbocycles. The second-order valence-electron chi connectivity index (χ2n) is 4.76. The number of carboxylic acid groups (broad SMARTS) is 1. The van der Waals surface area contributed by atoms with Gasteiger partial charge in [0.15, 0.2) is 0 Å². The van der Waals surface area contributed by atoms with Crippen LogP contribution in [0, 0.1) is 10.1 Å². The van der Waals surface area contributed by atoms with Crippen molar-refractivity contribution >= 4 is 30.1 Å². The highest BCUT2D eigenvalue weighted by Gasteiger charge is 2.20. The van der Waals surface area contributed by atoms with Crippen molar-refractivity contribution < 1.29 is 39.1 Å². The lowest BCUT2D eigenvalue weighted by Crippen LogP contribution is -2.33. The van der Waals surface area contributed by atoms with E-state index in [1.807, 2.05) is 0 Å². The number of carbonyl (C=O) groups is 2. The zero-order valence-corrected chi connectivity index (χ0v) is 13.1. The van der Waals surface area contributed by atoms with Gasteiger partial charge in [0.25, 0.3) is 11.6 Å². The third-order valence-electron chi connectivity index (χ3n) is 2.84. The number of benzene rings is 1. The van der Waals surface area contributed by atoms with Crippen LogP contribution < -0.4 is 10.8 Å². The van der Waals surface area contributed by atoms with Crippen molar-refractivity contribution in [1.29, 1.82) is 0 Å². The first-order valence-corrected chi connectivity index (χ1v) is 7.12. The van der Waals surface area contributed by atoms with Crippen LogP contribution in [0.5, 0.6) is 0 Å². The molecule has 1 aromatic rings. The summed E-state index contributed by atoms with van der Waals surface area (Å²) in [6, 6.07) is 3.11. The lowest BCUT2D eigenvalue weighted by Gasteiger charge is -2.08. The number of nitro groups is 1. The Bertz CT molecular complexity index is 624. The lowest BCUT2D eigenvalue weighted by atomic mass is 9.79. The molecule has 0 fully saturated rings. The number of hydrogen-bond donors (Lipinski definition) is 4. The molecule has 12 heteroatoms. The monoisotopic (exact) mass is 356 g/mol. The van der Waals surface area contributed by atoms with E-state index in [4.69, 9.17) is 24.6 Å². The SMILES string of the molecule is O=C(O)COCCOCCNC(=O)c1cc(B(O)O)cc([N+](=O)[O-])c1. The van der Waals surface area contributed by atoms with E-state index in [1.54, 1.807) is 0 Å². The first-order chi connectivity index (χ1) is 11.8. The van der Waals surface area contributed by atoms with Gasteiger partial charge in [-0.3, -0.25) is 14.9 Å². The van der Waals surface area contributed by atoms with Gasteiger partial charge in [-0.15, -0.1) is 0 Å². The highest BCUT2D eigenvalue weighted by atomic mass is 16.6. The average molecular weight is 356 g/mol. The van der Waals surface area contributed by atoms with Gasteiger partial charge in [-0.05, 0) is 11.5 Å². The summed E-state index contributed by atoms with van der Waals surface area (Å²) in [6.07, 6.45) is 0. The van der Waals surface area contributed by atoms with E-state index in [0.717, 1.165) is 18.2 Å². The lowest BCUT2D eigenvalue weighted by molar-refractivity contribution is -0.384. The minimum atomic E-state index is -1.94. The van der Waals surface area contributed by atoms with Crippen LogP contribution in [0.15, 0.2) is 18.2 Å². The fourth-order valence-electron chi connectivity index (χ4n) is 1.74. The first kappa shape index (κ1) is 20.5. The number of hydrogen-bond acceptors (Lipinski definition) is 8. The molecule has 0 aliphatic heterocycles. The predicted molar refractivity (Wildman–Crippen MR) is 84.5 cm³/mol. The number of nitro benzene ring substituents is 1. The standard InChI is InChI=1S/C13H17BN2O9/c17-12(18)8-25-4-3-24-2-1-15-13(19)9-5-10(14(20)21)7-11(6-9)16(22)23/h5-7,20-21H,1-4,8H2,(H,15,19)(H,17,18). The molecule has 0 atom stereocenters. The molecule has 136 valence electrons. The summed E-state index contributed by atoms with van der Waals surface area (Å²) in [7, 11) is -1.94. The van der Waals surface area contributed by atoms with Gasteiger partial charge in [0.1, 0.15) is 6.61 Å². The number of rotatable bonds is 11. The van der Waals surface area contributed by atoms with Crippen molar-refractivity contribution in [1.82, 2.24) is 5.32 Å². The topological polar surface area (TPSA) is 168 Å². The van der Waals surface area contributed by atoms with Gasteiger partial charge in [0, 0.05) is 24.2 Å². The van der Waals surface area contributed by atoms with Crippen molar-refractivity contribution in [3.63, 3.8) is 0 Å². The third kappa shape index (κ3) is 7.72. The van der Waals surface area contributed by atoms with Gasteiger partial charge in [-0.2, -0.15) is 0 Å². The minimum absolute atomic E-state index is 0.0862. The van der Waals surface area contributed by atoms with E-state index in [0.29, 0.717) is 0 Å². The van der Waals surface area contributed by atoms with Crippen LogP contribution in [0.4, 0.5) is 5.69 Å². The van der Waals surface area contributed by atoms with E-state index in [2.05, 4.69) is 5.32 Å². The van der Waals surface area contributed by atoms with Gasteiger partial charge in [-0.25, -0.2) is 4.79 Å². The Labute approximate surface area is 142 Å². The largest absolute Gasteiger partial charge is 0.488 e. The van der Waals surface area contributed by atoms with Gasteiger partial charge in [0.2, 0.25) is 0 Å². The number of amides is 1. The van der Waals surface area contributed by atoms with Crippen molar-refractivity contribution in [2.75, 3.05) is 33.0 Å². The van der Waals surface area contributed by atoms with E-state index >= 15 is 0 Å². The number of carbonyl (C=O) groups excluding carboxylic acids is 1. The van der Waals surface area contributed by atoms with E-state index in [1.165, 1.54) is 0 Å². The highest BCUT2D eigenvalue weighted by Crippen LogP contribution is 2.12. The molecule has 11 nitrogen and oxygen atoms in total. The predicted octanol–water partition coefficient (Wildman–Crippen LogP) is -1.88. The van der Waals surface area contributed by atoms with E-state index < -0.39 is 36.2 Å². The molecule has 0 saturated heterocycles. The van der Waals surface area contributed by atoms with Gasteiger partial charge in [-0.1, -0.05) is 0 Å². The number of carboxylic acids is 1. The maximum absolute atomic E-state index is 12.0. The third-order valence-corrected chi connectivity index (χ3v) is 2.84. The first-order valence-electron chi connectivity index (χ1n) is 7.12. The quantitative estimate of drug-likeness (QED) is 0.153. The molecule has 0 radical (unpaired) electrons. The Morgan fingerprint density at radius 1 is 1.16 bits per heavy atom. The fraction of sp³-hybridized carbons (Fsp3) is 0.385. The summed E-state index contributed by atoms with van der Waals surface area (Å²) in [6.45, 7) is 0.0136. The number of nitrogens with one attached hydrogen (secondary N) is 1. The highest BCUT2D eigenvalue weighted by molar-refractivity contribution is 6.58. The van der Waals surface area contributed by atoms with Crippen LogP contribution in [0.3, 0.4) is 0 Å². The average Bonchev–Trinajstić information content (AvgIpc) is 2.56. The molecular formula is C13H17BN2O9. The second-order valence-corrected chi connectivity index (χ2v) is 4.76. The number of ether oxygens (including phenoxy) is 2. The smallest absolute Gasteiger partial charge is 0.480 e. The number of non-ortho nitro benzene ring substituents is 1. The summed E-state index contributed by atoms with van der Waals surface area (Å²) in [4.78, 5) is 32.2. The summed E-state index contributed by atoms with van der Waals surface area (Å²) in [5, 5.41) is 39.9. The maximum Gasteiger partial charge on any atom is 0.488 e. The molecule has 0 bridgehead atoms. The Kier molecular flexibility index (Phi) is 8.49. The van der Waals surface area contributed by atoms with Gasteiger partial charge in [0.05, 0.1) is 24.7 Å². The van der Waals surface area contributed by atoms with Crippen molar-refractivity contribution in [3.05, 3.63) is 33.9 Å². The molecule has 4 N–H and O–H groups in total. The van der Waals surface area contributed by atoms with Crippen LogP contribution in [-0.4, -0.2) is 72.0 Å². The molecule has 0 spiro atoms. The molecule has 1 rings (SSSR count). The fourth-order valence-corrected chi connectivity index (χ4v) is 1.74. The molecule has 0 aliphatic rings. The second kappa shape index (κ2) is 10.4. The normalized spacial score (nSPS) is 10.3. The molecule has 0 unspecified atom stereocenters. The zero-order chi connectivity index (χ0) is 18.8. The summed E-state index contributed by atoms with van der Waals surface area (Å²) < 4.78 is 9.84. The van der Waals surface area contributed by atoms with Crippen LogP contribution in [0.25, 0.3) is 0 Å². The van der Waals surface area contributed by atoms with Crippen molar-refractivity contribution in [2.45, 2.75) is 0 Å². The molecule has 0 aliphatic carbocycles. The van der Waals surface area contributed by atoms with Crippen molar-refractivity contribution in [2.24, 2.45) is 0 Å². The summed E-state index contributed by atoms with van der Waals surface area (Å²) in [5.74, 6) is -1.73. The Balaban J connectivity index is 2.44. The van der Waals surface area contributed by atoms with Crippen LogP contribution >= 0.6 is 0 Å². The molecule has 0 aromatic heterocycles. The number of nitrogens with zero attached hydrogens (tertiary/aromatic N) is 1. The van der Waals surface area contributed by atoms with Crippen LogP contribution in [0.2, 0.25) is 0 Å². The van der Waals surface area contributed by atoms with E-state index in [9.17, 15) is 19.7 Å². The minimum Gasteiger partial charge on any atom is -0.480 e. The Hall–Kier alpha value is -2.54. The molecular weight excluding hydrogens is 339 g/mol. The van der Waals surface area contributed by atoms with Crippen LogP contribution in [-0.2, 0) is 14.3 Å². The maximum atomic E-state index is 12.0. The van der Waals surface area contributed by atoms with Gasteiger partial charge >= 0.3 is 13.1 Å². The Morgan fingerprint density at radius 3 is 2.44 bits per heavy atom. The molecule has 0 saturated carbocycles. The molecule has 0 heterocycles. The zero-order valence-electron chi connectivity index (χ0n) is 13.1. The van der Waals surface area contributed by atoms with E-state index in [-0.39, 0.29) is 37.4 Å². The summed E-state index contributed by atoms with van der Waals surface area (Å²) in [5.41, 5.74) is -0.712. The van der Waals surface area contributed by atoms with Crippen molar-refractivity contribution in [3.8, 4) is 0 Å². The summed E-state index contributed by atoms with van der Waals surface area (Å²) >= 11 is 0. The number of aliphatic carboxylic acids is 1. The Morgan fingerprint density at radius 2 is 1.84 bits per heavy atom. The van der Waals surface area contributed by atoms with Crippen LogP contribution in [0.1, 0.15) is 10.4 Å². The molecule has 25 heavy (non-hydrogen) atoms. The van der Waals surface area contributed by atoms with Gasteiger partial charge < -0.3 is 29.9 Å². The molecule has 1 amide bonds.